The van der Waals surface area contributed by atoms with E-state index < -0.39 is 0 Å². The lowest BCUT2D eigenvalue weighted by atomic mass is 9.94. The van der Waals surface area contributed by atoms with Gasteiger partial charge in [-0.3, -0.25) is 9.59 Å². The topological polar surface area (TPSA) is 62.2 Å². The van der Waals surface area contributed by atoms with E-state index in [1.807, 2.05) is 29.2 Å². The second-order valence-corrected chi connectivity index (χ2v) is 7.35. The van der Waals surface area contributed by atoms with Crippen molar-refractivity contribution >= 4 is 18.0 Å². The van der Waals surface area contributed by atoms with Crippen LogP contribution in [0.15, 0.2) is 29.4 Å². The third-order valence-electron chi connectivity index (χ3n) is 5.51. The lowest BCUT2D eigenvalue weighted by molar-refractivity contribution is -0.136. The first-order chi connectivity index (χ1) is 13.2. The predicted molar refractivity (Wildman–Crippen MR) is 105 cm³/mol. The Bertz CT molecular complexity index is 656. The molecule has 0 radical (unpaired) electrons. The molecule has 2 fully saturated rings. The number of oxime groups is 1. The first kappa shape index (κ1) is 19.4. The summed E-state index contributed by atoms with van der Waals surface area (Å²) in [6.45, 7) is 3.10. The Morgan fingerprint density at radius 1 is 0.963 bits per heavy atom. The van der Waals surface area contributed by atoms with Crippen molar-refractivity contribution in [1.82, 2.24) is 9.80 Å². The highest BCUT2D eigenvalue weighted by Gasteiger charge is 2.30. The Labute approximate surface area is 161 Å². The molecule has 0 spiro atoms. The van der Waals surface area contributed by atoms with E-state index in [0.717, 1.165) is 44.3 Å². The SMILES string of the molecule is CO/N=C/c1ccc(C(=O)N2CCC(C(=O)N3CCCCCC3)CC2)cc1. The molecule has 2 amide bonds. The molecule has 6 heteroatoms. The summed E-state index contributed by atoms with van der Waals surface area (Å²) in [5.74, 6) is 0.400. The first-order valence-electron chi connectivity index (χ1n) is 9.93. The van der Waals surface area contributed by atoms with Gasteiger partial charge >= 0.3 is 0 Å². The normalized spacial score (nSPS) is 19.1. The zero-order chi connectivity index (χ0) is 19.1. The Morgan fingerprint density at radius 3 is 2.19 bits per heavy atom. The first-order valence-corrected chi connectivity index (χ1v) is 9.93. The molecule has 1 aromatic rings. The molecule has 6 nitrogen and oxygen atoms in total. The van der Waals surface area contributed by atoms with Gasteiger partial charge in [-0.2, -0.15) is 0 Å². The number of carbonyl (C=O) groups is 2. The molecular formula is C21H29N3O3. The fourth-order valence-corrected chi connectivity index (χ4v) is 3.89. The Hall–Kier alpha value is -2.37. The lowest BCUT2D eigenvalue weighted by Crippen LogP contribution is -2.44. The number of benzene rings is 1. The van der Waals surface area contributed by atoms with Crippen LogP contribution in [0.2, 0.25) is 0 Å². The van der Waals surface area contributed by atoms with Gasteiger partial charge in [-0.05, 0) is 43.4 Å². The highest BCUT2D eigenvalue weighted by Crippen LogP contribution is 2.23. The third-order valence-corrected chi connectivity index (χ3v) is 5.51. The molecule has 2 aliphatic rings. The van der Waals surface area contributed by atoms with E-state index in [9.17, 15) is 9.59 Å². The van der Waals surface area contributed by atoms with Crippen molar-refractivity contribution in [3.8, 4) is 0 Å². The number of hydrogen-bond acceptors (Lipinski definition) is 4. The average Bonchev–Trinajstić information content (AvgIpc) is 3.01. The number of amides is 2. The number of nitrogens with zero attached hydrogens (tertiary/aromatic N) is 3. The molecule has 2 aliphatic heterocycles. The number of hydrogen-bond donors (Lipinski definition) is 0. The maximum absolute atomic E-state index is 12.8. The summed E-state index contributed by atoms with van der Waals surface area (Å²) in [7, 11) is 1.50. The van der Waals surface area contributed by atoms with Gasteiger partial charge in [0.05, 0.1) is 6.21 Å². The van der Waals surface area contributed by atoms with Gasteiger partial charge in [-0.25, -0.2) is 0 Å². The quantitative estimate of drug-likeness (QED) is 0.604. The maximum Gasteiger partial charge on any atom is 0.253 e. The summed E-state index contributed by atoms with van der Waals surface area (Å²) in [4.78, 5) is 34.1. The van der Waals surface area contributed by atoms with E-state index in [4.69, 9.17) is 0 Å². The molecule has 0 atom stereocenters. The molecule has 3 rings (SSSR count). The standard InChI is InChI=1S/C21H29N3O3/c1-27-22-16-17-6-8-18(9-7-17)20(25)24-14-10-19(11-15-24)21(26)23-12-4-2-3-5-13-23/h6-9,16,19H,2-5,10-15H2,1H3/b22-16+. The van der Waals surface area contributed by atoms with Crippen molar-refractivity contribution in [2.45, 2.75) is 38.5 Å². The fourth-order valence-electron chi connectivity index (χ4n) is 3.89. The predicted octanol–water partition coefficient (Wildman–Crippen LogP) is 2.92. The molecule has 2 heterocycles. The summed E-state index contributed by atoms with van der Waals surface area (Å²) in [6.07, 6.45) is 7.83. The zero-order valence-corrected chi connectivity index (χ0v) is 16.1. The Morgan fingerprint density at radius 2 is 1.59 bits per heavy atom. The number of likely N-dealkylation sites (tertiary alicyclic amines) is 2. The van der Waals surface area contributed by atoms with Crippen LogP contribution in [0.4, 0.5) is 0 Å². The Balaban J connectivity index is 1.52. The third kappa shape index (κ3) is 5.08. The number of carbonyl (C=O) groups excluding carboxylic acids is 2. The molecule has 0 unspecified atom stereocenters. The van der Waals surface area contributed by atoms with Crippen molar-refractivity contribution < 1.29 is 14.4 Å². The fraction of sp³-hybridized carbons (Fsp3) is 0.571. The van der Waals surface area contributed by atoms with Gasteiger partial charge in [0, 0.05) is 37.7 Å². The van der Waals surface area contributed by atoms with Crippen LogP contribution in [-0.4, -0.2) is 61.1 Å². The van der Waals surface area contributed by atoms with Crippen LogP contribution in [-0.2, 0) is 9.63 Å². The summed E-state index contributed by atoms with van der Waals surface area (Å²) in [5, 5.41) is 3.72. The lowest BCUT2D eigenvalue weighted by Gasteiger charge is -2.34. The van der Waals surface area contributed by atoms with E-state index in [1.54, 1.807) is 6.21 Å². The van der Waals surface area contributed by atoms with E-state index in [-0.39, 0.29) is 11.8 Å². The summed E-state index contributed by atoms with van der Waals surface area (Å²) < 4.78 is 0. The minimum absolute atomic E-state index is 0.0332. The van der Waals surface area contributed by atoms with Gasteiger partial charge in [0.2, 0.25) is 5.91 Å². The molecule has 1 aromatic carbocycles. The summed E-state index contributed by atoms with van der Waals surface area (Å²) in [6, 6.07) is 7.33. The monoisotopic (exact) mass is 371 g/mol. The second kappa shape index (κ2) is 9.53. The molecule has 0 N–H and O–H groups in total. The van der Waals surface area contributed by atoms with Crippen LogP contribution in [0.1, 0.15) is 54.4 Å². The number of piperidine rings is 1. The van der Waals surface area contributed by atoms with Crippen LogP contribution < -0.4 is 0 Å². The van der Waals surface area contributed by atoms with Crippen LogP contribution >= 0.6 is 0 Å². The van der Waals surface area contributed by atoms with Crippen molar-refractivity contribution in [3.05, 3.63) is 35.4 Å². The molecular weight excluding hydrogens is 342 g/mol. The molecule has 0 saturated carbocycles. The van der Waals surface area contributed by atoms with Gasteiger partial charge in [-0.15, -0.1) is 0 Å². The summed E-state index contributed by atoms with van der Waals surface area (Å²) >= 11 is 0. The summed E-state index contributed by atoms with van der Waals surface area (Å²) in [5.41, 5.74) is 1.55. The van der Waals surface area contributed by atoms with Gasteiger partial charge in [-0.1, -0.05) is 30.1 Å². The van der Waals surface area contributed by atoms with Crippen molar-refractivity contribution in [2.75, 3.05) is 33.3 Å². The van der Waals surface area contributed by atoms with Gasteiger partial charge in [0.1, 0.15) is 7.11 Å². The number of rotatable bonds is 4. The smallest absolute Gasteiger partial charge is 0.253 e. The van der Waals surface area contributed by atoms with Crippen molar-refractivity contribution in [2.24, 2.45) is 11.1 Å². The van der Waals surface area contributed by atoms with Crippen LogP contribution in [0, 0.1) is 5.92 Å². The zero-order valence-electron chi connectivity index (χ0n) is 16.1. The highest BCUT2D eigenvalue weighted by molar-refractivity contribution is 5.95. The molecule has 2 saturated heterocycles. The van der Waals surface area contributed by atoms with Crippen molar-refractivity contribution in [1.29, 1.82) is 0 Å². The van der Waals surface area contributed by atoms with E-state index in [1.165, 1.54) is 20.0 Å². The van der Waals surface area contributed by atoms with Gasteiger partial charge in [0.15, 0.2) is 0 Å². The minimum atomic E-state index is 0.0332. The van der Waals surface area contributed by atoms with Crippen LogP contribution in [0.3, 0.4) is 0 Å². The largest absolute Gasteiger partial charge is 0.399 e. The average molecular weight is 371 g/mol. The Kier molecular flexibility index (Phi) is 6.85. The molecule has 0 aliphatic carbocycles. The van der Waals surface area contributed by atoms with Gasteiger partial charge < -0.3 is 14.6 Å². The van der Waals surface area contributed by atoms with Gasteiger partial charge in [0.25, 0.3) is 5.91 Å². The highest BCUT2D eigenvalue weighted by atomic mass is 16.6. The minimum Gasteiger partial charge on any atom is -0.399 e. The molecule has 146 valence electrons. The van der Waals surface area contributed by atoms with E-state index in [0.29, 0.717) is 24.6 Å². The molecule has 0 aromatic heterocycles. The maximum atomic E-state index is 12.8. The van der Waals surface area contributed by atoms with Crippen molar-refractivity contribution in [3.63, 3.8) is 0 Å². The van der Waals surface area contributed by atoms with E-state index in [2.05, 4.69) is 14.9 Å². The molecule has 0 bridgehead atoms. The second-order valence-electron chi connectivity index (χ2n) is 7.35. The molecule has 27 heavy (non-hydrogen) atoms. The van der Waals surface area contributed by atoms with Crippen LogP contribution in [0.5, 0.6) is 0 Å². The van der Waals surface area contributed by atoms with E-state index >= 15 is 0 Å². The van der Waals surface area contributed by atoms with Crippen LogP contribution in [0.25, 0.3) is 0 Å².